The van der Waals surface area contributed by atoms with Gasteiger partial charge in [-0.15, -0.1) is 0 Å². The third kappa shape index (κ3) is 4.47. The average molecular weight is 334 g/mol. The van der Waals surface area contributed by atoms with Crippen molar-refractivity contribution in [2.24, 2.45) is 5.92 Å². The van der Waals surface area contributed by atoms with Gasteiger partial charge in [0.05, 0.1) is 12.1 Å². The number of carbonyl (C=O) groups is 1. The molecule has 24 heavy (non-hydrogen) atoms. The molecule has 4 nitrogen and oxygen atoms in total. The fourth-order valence-corrected chi connectivity index (χ4v) is 3.40. The number of nitrogens with one attached hydrogen (secondary N) is 1. The predicted octanol–water partition coefficient (Wildman–Crippen LogP) is 3.15. The van der Waals surface area contributed by atoms with Crippen molar-refractivity contribution in [3.8, 4) is 0 Å². The number of carbonyl (C=O) groups excluding carboxylic acids is 1. The molecule has 1 saturated carbocycles. The molecule has 1 atom stereocenters. The summed E-state index contributed by atoms with van der Waals surface area (Å²) in [6, 6.07) is 4.54. The number of benzene rings is 1. The molecule has 0 aromatic heterocycles. The number of piperidine rings is 1. The van der Waals surface area contributed by atoms with E-state index in [1.165, 1.54) is 25.0 Å². The minimum absolute atomic E-state index is 0.0404. The molecule has 0 radical (unpaired) electrons. The van der Waals surface area contributed by atoms with Crippen LogP contribution in [0.25, 0.3) is 0 Å². The van der Waals surface area contributed by atoms with Crippen LogP contribution in [0.2, 0.25) is 0 Å². The second-order valence-corrected chi connectivity index (χ2v) is 7.19. The summed E-state index contributed by atoms with van der Waals surface area (Å²) < 4.78 is 13.8. The molecular weight excluding hydrogens is 307 g/mol. The lowest BCUT2D eigenvalue weighted by Crippen LogP contribution is -2.37. The van der Waals surface area contributed by atoms with E-state index >= 15 is 0 Å². The van der Waals surface area contributed by atoms with E-state index < -0.39 is 0 Å². The van der Waals surface area contributed by atoms with Gasteiger partial charge in [-0.1, -0.05) is 12.8 Å². The molecule has 1 aromatic rings. The van der Waals surface area contributed by atoms with Crippen LogP contribution in [-0.4, -0.2) is 30.2 Å². The highest BCUT2D eigenvalue weighted by atomic mass is 19.1. The first-order chi connectivity index (χ1) is 11.5. The van der Waals surface area contributed by atoms with Gasteiger partial charge in [0.25, 0.3) is 0 Å². The number of halogens is 1. The van der Waals surface area contributed by atoms with Crippen molar-refractivity contribution in [1.82, 2.24) is 5.32 Å². The van der Waals surface area contributed by atoms with Crippen molar-refractivity contribution in [2.75, 3.05) is 18.0 Å². The molecule has 1 heterocycles. The van der Waals surface area contributed by atoms with E-state index in [1.54, 1.807) is 6.07 Å². The van der Waals surface area contributed by atoms with Gasteiger partial charge in [0.15, 0.2) is 0 Å². The molecule has 0 bridgehead atoms. The Labute approximate surface area is 143 Å². The molecule has 1 aliphatic heterocycles. The fourth-order valence-electron chi connectivity index (χ4n) is 3.40. The summed E-state index contributed by atoms with van der Waals surface area (Å²) in [5.74, 6) is 0.485. The van der Waals surface area contributed by atoms with Crippen molar-refractivity contribution >= 4 is 11.6 Å². The van der Waals surface area contributed by atoms with Crippen molar-refractivity contribution in [3.63, 3.8) is 0 Å². The first-order valence-corrected chi connectivity index (χ1v) is 9.04. The third-order valence-corrected chi connectivity index (χ3v) is 5.12. The second kappa shape index (κ2) is 7.51. The van der Waals surface area contributed by atoms with Crippen LogP contribution in [0.4, 0.5) is 10.1 Å². The van der Waals surface area contributed by atoms with Crippen LogP contribution in [0.3, 0.4) is 0 Å². The topological polar surface area (TPSA) is 52.6 Å². The molecule has 1 amide bonds. The summed E-state index contributed by atoms with van der Waals surface area (Å²) in [6.07, 6.45) is 5.20. The minimum Gasteiger partial charge on any atom is -0.393 e. The zero-order chi connectivity index (χ0) is 17.1. The molecule has 5 heteroatoms. The standard InChI is InChI=1S/C19H27FN2O2/c1-13(21-19(24)7-4-14-2-3-14)17-12-15(20)5-6-18(17)22-10-8-16(23)9-11-22/h5-6,12-14,16,23H,2-4,7-11H2,1H3,(H,21,24). The lowest BCUT2D eigenvalue weighted by atomic mass is 10.0. The maximum absolute atomic E-state index is 13.8. The zero-order valence-corrected chi connectivity index (χ0v) is 14.3. The third-order valence-electron chi connectivity index (χ3n) is 5.12. The summed E-state index contributed by atoms with van der Waals surface area (Å²) in [4.78, 5) is 14.3. The number of aliphatic hydroxyl groups is 1. The zero-order valence-electron chi connectivity index (χ0n) is 14.3. The van der Waals surface area contributed by atoms with Crippen molar-refractivity contribution in [2.45, 2.75) is 57.6 Å². The van der Waals surface area contributed by atoms with Crippen LogP contribution in [0, 0.1) is 11.7 Å². The van der Waals surface area contributed by atoms with Crippen molar-refractivity contribution in [3.05, 3.63) is 29.6 Å². The molecule has 2 N–H and O–H groups in total. The fraction of sp³-hybridized carbons (Fsp3) is 0.632. The van der Waals surface area contributed by atoms with E-state index in [1.807, 2.05) is 6.92 Å². The summed E-state index contributed by atoms with van der Waals surface area (Å²) in [5, 5.41) is 12.7. The molecule has 3 rings (SSSR count). The monoisotopic (exact) mass is 334 g/mol. The van der Waals surface area contributed by atoms with Crippen LogP contribution in [0.1, 0.15) is 57.1 Å². The molecular formula is C19H27FN2O2. The summed E-state index contributed by atoms with van der Waals surface area (Å²) >= 11 is 0. The van der Waals surface area contributed by atoms with E-state index in [0.717, 1.165) is 49.5 Å². The quantitative estimate of drug-likeness (QED) is 0.840. The summed E-state index contributed by atoms with van der Waals surface area (Å²) in [7, 11) is 0. The van der Waals surface area contributed by atoms with E-state index in [0.29, 0.717) is 6.42 Å². The SMILES string of the molecule is CC(NC(=O)CCC1CC1)c1cc(F)ccc1N1CCC(O)CC1. The number of anilines is 1. The largest absolute Gasteiger partial charge is 0.393 e. The van der Waals surface area contributed by atoms with Crippen LogP contribution in [0.15, 0.2) is 18.2 Å². The molecule has 132 valence electrons. The Morgan fingerprint density at radius 2 is 2.04 bits per heavy atom. The number of amides is 1. The molecule has 1 aliphatic carbocycles. The smallest absolute Gasteiger partial charge is 0.220 e. The highest BCUT2D eigenvalue weighted by molar-refractivity contribution is 5.76. The van der Waals surface area contributed by atoms with Gasteiger partial charge in [-0.2, -0.15) is 0 Å². The van der Waals surface area contributed by atoms with Gasteiger partial charge in [-0.25, -0.2) is 4.39 Å². The Morgan fingerprint density at radius 1 is 1.33 bits per heavy atom. The Hall–Kier alpha value is -1.62. The maximum atomic E-state index is 13.8. The second-order valence-electron chi connectivity index (χ2n) is 7.19. The first-order valence-electron chi connectivity index (χ1n) is 9.04. The van der Waals surface area contributed by atoms with Gasteiger partial charge >= 0.3 is 0 Å². The van der Waals surface area contributed by atoms with Gasteiger partial charge < -0.3 is 15.3 Å². The van der Waals surface area contributed by atoms with Crippen LogP contribution >= 0.6 is 0 Å². The Morgan fingerprint density at radius 3 is 2.71 bits per heavy atom. The van der Waals surface area contributed by atoms with Gasteiger partial charge in [-0.05, 0) is 50.3 Å². The van der Waals surface area contributed by atoms with E-state index in [-0.39, 0.29) is 23.9 Å². The van der Waals surface area contributed by atoms with Crippen molar-refractivity contribution in [1.29, 1.82) is 0 Å². The van der Waals surface area contributed by atoms with Gasteiger partial charge in [-0.3, -0.25) is 4.79 Å². The van der Waals surface area contributed by atoms with Crippen molar-refractivity contribution < 1.29 is 14.3 Å². The molecule has 1 saturated heterocycles. The lowest BCUT2D eigenvalue weighted by molar-refractivity contribution is -0.121. The highest BCUT2D eigenvalue weighted by Crippen LogP contribution is 2.34. The predicted molar refractivity (Wildman–Crippen MR) is 92.4 cm³/mol. The summed E-state index contributed by atoms with van der Waals surface area (Å²) in [5.41, 5.74) is 1.77. The number of rotatable bonds is 6. The highest BCUT2D eigenvalue weighted by Gasteiger charge is 2.24. The average Bonchev–Trinajstić information content (AvgIpc) is 3.38. The number of hydrogen-bond donors (Lipinski definition) is 2. The van der Waals surface area contributed by atoms with Gasteiger partial charge in [0, 0.05) is 30.8 Å². The molecule has 1 aromatic carbocycles. The number of aliphatic hydroxyl groups excluding tert-OH is 1. The molecule has 2 aliphatic rings. The van der Waals surface area contributed by atoms with E-state index in [4.69, 9.17) is 0 Å². The molecule has 2 fully saturated rings. The summed E-state index contributed by atoms with van der Waals surface area (Å²) in [6.45, 7) is 3.41. The minimum atomic E-state index is -0.287. The lowest BCUT2D eigenvalue weighted by Gasteiger charge is -2.34. The van der Waals surface area contributed by atoms with Crippen LogP contribution in [0.5, 0.6) is 0 Å². The van der Waals surface area contributed by atoms with Gasteiger partial charge in [0.1, 0.15) is 5.82 Å². The van der Waals surface area contributed by atoms with Crippen LogP contribution < -0.4 is 10.2 Å². The van der Waals surface area contributed by atoms with E-state index in [2.05, 4.69) is 10.2 Å². The maximum Gasteiger partial charge on any atom is 0.220 e. The first kappa shape index (κ1) is 17.2. The molecule has 0 spiro atoms. The Kier molecular flexibility index (Phi) is 5.39. The normalized spacial score (nSPS) is 20.0. The number of hydrogen-bond acceptors (Lipinski definition) is 3. The molecule has 1 unspecified atom stereocenters. The van der Waals surface area contributed by atoms with Gasteiger partial charge in [0.2, 0.25) is 5.91 Å². The van der Waals surface area contributed by atoms with E-state index in [9.17, 15) is 14.3 Å². The van der Waals surface area contributed by atoms with Crippen LogP contribution in [-0.2, 0) is 4.79 Å². The number of nitrogens with zero attached hydrogens (tertiary/aromatic N) is 1. The Balaban J connectivity index is 1.68. The Bertz CT molecular complexity index is 581.